The Labute approximate surface area is 114 Å². The van der Waals surface area contributed by atoms with Crippen LogP contribution in [0.25, 0.3) is 0 Å². The molecule has 2 aliphatic rings. The van der Waals surface area contributed by atoms with Crippen LogP contribution < -0.4 is 11.3 Å². The van der Waals surface area contributed by atoms with Crippen molar-refractivity contribution in [2.75, 3.05) is 31.3 Å². The van der Waals surface area contributed by atoms with Crippen LogP contribution in [0.4, 0.5) is 0 Å². The predicted octanol–water partition coefficient (Wildman–Crippen LogP) is 1.55. The first-order chi connectivity index (χ1) is 8.79. The molecule has 2 saturated heterocycles. The predicted molar refractivity (Wildman–Crippen MR) is 75.6 cm³/mol. The zero-order valence-electron chi connectivity index (χ0n) is 11.3. The molecular weight excluding hydrogens is 248 g/mol. The van der Waals surface area contributed by atoms with Crippen molar-refractivity contribution in [1.29, 1.82) is 0 Å². The Balaban J connectivity index is 1.85. The molecule has 2 aliphatic heterocycles. The number of hydrogen-bond acceptors (Lipinski definition) is 5. The summed E-state index contributed by atoms with van der Waals surface area (Å²) in [7, 11) is 0. The lowest BCUT2D eigenvalue weighted by Crippen LogP contribution is -2.50. The van der Waals surface area contributed by atoms with Gasteiger partial charge in [-0.1, -0.05) is 6.92 Å². The molecule has 2 heterocycles. The zero-order valence-corrected chi connectivity index (χ0v) is 12.1. The minimum absolute atomic E-state index is 0.00651. The molecule has 4 nitrogen and oxygen atoms in total. The summed E-state index contributed by atoms with van der Waals surface area (Å²) in [4.78, 5) is 0. The summed E-state index contributed by atoms with van der Waals surface area (Å²) in [6.45, 7) is 4.68. The third-order valence-corrected chi connectivity index (χ3v) is 5.32. The smallest absolute Gasteiger partial charge is 0.0939 e. The summed E-state index contributed by atoms with van der Waals surface area (Å²) < 4.78 is 11.5. The lowest BCUT2D eigenvalue weighted by molar-refractivity contribution is -0.102. The van der Waals surface area contributed by atoms with Crippen LogP contribution in [-0.2, 0) is 9.47 Å². The van der Waals surface area contributed by atoms with E-state index in [0.717, 1.165) is 44.8 Å². The maximum absolute atomic E-state index is 5.98. The van der Waals surface area contributed by atoms with E-state index in [0.29, 0.717) is 12.0 Å². The number of thioether (sulfide) groups is 1. The van der Waals surface area contributed by atoms with Gasteiger partial charge in [-0.2, -0.15) is 11.8 Å². The first-order valence-electron chi connectivity index (χ1n) is 7.05. The van der Waals surface area contributed by atoms with Crippen molar-refractivity contribution >= 4 is 11.8 Å². The molecule has 0 saturated carbocycles. The van der Waals surface area contributed by atoms with E-state index >= 15 is 0 Å². The average Bonchev–Trinajstić information content (AvgIpc) is 2.83. The molecule has 0 aromatic rings. The Morgan fingerprint density at radius 3 is 3.06 bits per heavy atom. The van der Waals surface area contributed by atoms with E-state index in [1.165, 1.54) is 12.2 Å². The van der Waals surface area contributed by atoms with Crippen molar-refractivity contribution in [2.24, 2.45) is 11.8 Å². The third kappa shape index (κ3) is 3.61. The first-order valence-corrected chi connectivity index (χ1v) is 8.21. The molecule has 1 spiro atoms. The van der Waals surface area contributed by atoms with Crippen molar-refractivity contribution in [2.45, 2.75) is 44.2 Å². The van der Waals surface area contributed by atoms with Crippen molar-refractivity contribution < 1.29 is 9.47 Å². The molecule has 0 bridgehead atoms. The van der Waals surface area contributed by atoms with E-state index in [2.05, 4.69) is 12.3 Å². The van der Waals surface area contributed by atoms with Crippen LogP contribution in [0.1, 0.15) is 32.6 Å². The van der Waals surface area contributed by atoms with Crippen LogP contribution in [0.5, 0.6) is 0 Å². The SMILES string of the molecule is CCCSCC(NN)C1CCOC2(CCOC2)C1. The minimum Gasteiger partial charge on any atom is -0.378 e. The van der Waals surface area contributed by atoms with Gasteiger partial charge in [0.25, 0.3) is 0 Å². The standard InChI is InChI=1S/C13H26N2O2S/c1-2-7-18-9-12(15-14)11-3-5-17-13(8-11)4-6-16-10-13/h11-12,15H,2-10,14H2,1H3. The molecule has 5 heteroatoms. The summed E-state index contributed by atoms with van der Waals surface area (Å²) >= 11 is 2.00. The van der Waals surface area contributed by atoms with Gasteiger partial charge in [-0.3, -0.25) is 11.3 Å². The van der Waals surface area contributed by atoms with Gasteiger partial charge in [0.05, 0.1) is 12.2 Å². The van der Waals surface area contributed by atoms with Gasteiger partial charge in [0.2, 0.25) is 0 Å². The first kappa shape index (κ1) is 14.6. The number of hydrogen-bond donors (Lipinski definition) is 2. The second kappa shape index (κ2) is 7.10. The molecular formula is C13H26N2O2S. The Hall–Kier alpha value is 0.190. The maximum atomic E-state index is 5.98. The number of nitrogens with one attached hydrogen (secondary N) is 1. The lowest BCUT2D eigenvalue weighted by atomic mass is 9.82. The van der Waals surface area contributed by atoms with E-state index < -0.39 is 0 Å². The Kier molecular flexibility index (Phi) is 5.76. The third-order valence-electron chi connectivity index (χ3n) is 4.03. The Morgan fingerprint density at radius 2 is 2.39 bits per heavy atom. The van der Waals surface area contributed by atoms with Crippen LogP contribution in [0, 0.1) is 5.92 Å². The fourth-order valence-corrected chi connectivity index (χ4v) is 4.02. The van der Waals surface area contributed by atoms with Crippen LogP contribution in [-0.4, -0.2) is 43.0 Å². The highest BCUT2D eigenvalue weighted by atomic mass is 32.2. The summed E-state index contributed by atoms with van der Waals surface area (Å²) in [6, 6.07) is 0.405. The molecule has 3 unspecified atom stereocenters. The molecule has 0 aromatic carbocycles. The van der Waals surface area contributed by atoms with E-state index in [4.69, 9.17) is 15.3 Å². The number of ether oxygens (including phenoxy) is 2. The van der Waals surface area contributed by atoms with E-state index in [9.17, 15) is 0 Å². The molecule has 0 radical (unpaired) electrons. The molecule has 2 rings (SSSR count). The second-order valence-electron chi connectivity index (χ2n) is 5.44. The number of hydrazine groups is 1. The van der Waals surface area contributed by atoms with Crippen molar-refractivity contribution in [1.82, 2.24) is 5.43 Å². The van der Waals surface area contributed by atoms with Gasteiger partial charge in [-0.15, -0.1) is 0 Å². The number of nitrogens with two attached hydrogens (primary N) is 1. The molecule has 3 atom stereocenters. The van der Waals surface area contributed by atoms with Gasteiger partial charge in [0.15, 0.2) is 0 Å². The van der Waals surface area contributed by atoms with Crippen LogP contribution in [0.3, 0.4) is 0 Å². The Bertz CT molecular complexity index is 247. The highest BCUT2D eigenvalue weighted by molar-refractivity contribution is 7.99. The van der Waals surface area contributed by atoms with Gasteiger partial charge in [0, 0.05) is 31.4 Å². The normalized spacial score (nSPS) is 34.0. The van der Waals surface area contributed by atoms with Gasteiger partial charge in [-0.25, -0.2) is 0 Å². The number of rotatable bonds is 6. The highest BCUT2D eigenvalue weighted by Gasteiger charge is 2.42. The molecule has 0 aliphatic carbocycles. The van der Waals surface area contributed by atoms with E-state index in [1.54, 1.807) is 0 Å². The van der Waals surface area contributed by atoms with Crippen LogP contribution in [0.2, 0.25) is 0 Å². The largest absolute Gasteiger partial charge is 0.378 e. The molecule has 2 fully saturated rings. The monoisotopic (exact) mass is 274 g/mol. The summed E-state index contributed by atoms with van der Waals surface area (Å²) in [5, 5.41) is 0. The van der Waals surface area contributed by atoms with Gasteiger partial charge in [0.1, 0.15) is 0 Å². The molecule has 106 valence electrons. The fraction of sp³-hybridized carbons (Fsp3) is 1.00. The average molecular weight is 274 g/mol. The maximum Gasteiger partial charge on any atom is 0.0939 e. The zero-order chi connectivity index (χ0) is 12.8. The minimum atomic E-state index is -0.00651. The lowest BCUT2D eigenvalue weighted by Gasteiger charge is -2.40. The van der Waals surface area contributed by atoms with E-state index in [1.807, 2.05) is 11.8 Å². The summed E-state index contributed by atoms with van der Waals surface area (Å²) in [5.41, 5.74) is 3.01. The van der Waals surface area contributed by atoms with Crippen molar-refractivity contribution in [3.05, 3.63) is 0 Å². The van der Waals surface area contributed by atoms with Crippen LogP contribution >= 0.6 is 11.8 Å². The topological polar surface area (TPSA) is 56.5 Å². The molecule has 3 N–H and O–H groups in total. The summed E-state index contributed by atoms with van der Waals surface area (Å²) in [6.07, 6.45) is 4.48. The summed E-state index contributed by atoms with van der Waals surface area (Å²) in [5.74, 6) is 8.68. The molecule has 0 amide bonds. The highest BCUT2D eigenvalue weighted by Crippen LogP contribution is 2.37. The quantitative estimate of drug-likeness (QED) is 0.437. The van der Waals surface area contributed by atoms with Crippen molar-refractivity contribution in [3.63, 3.8) is 0 Å². The molecule has 0 aromatic heterocycles. The fourth-order valence-electron chi connectivity index (χ4n) is 2.95. The van der Waals surface area contributed by atoms with Gasteiger partial charge < -0.3 is 9.47 Å². The second-order valence-corrected chi connectivity index (χ2v) is 6.58. The van der Waals surface area contributed by atoms with Crippen LogP contribution in [0.15, 0.2) is 0 Å². The van der Waals surface area contributed by atoms with E-state index in [-0.39, 0.29) is 5.60 Å². The Morgan fingerprint density at radius 1 is 1.50 bits per heavy atom. The van der Waals surface area contributed by atoms with Gasteiger partial charge in [-0.05, 0) is 30.9 Å². The van der Waals surface area contributed by atoms with Gasteiger partial charge >= 0.3 is 0 Å². The van der Waals surface area contributed by atoms with Crippen molar-refractivity contribution in [3.8, 4) is 0 Å². The molecule has 18 heavy (non-hydrogen) atoms.